The molecule has 0 spiro atoms. The van der Waals surface area contributed by atoms with E-state index >= 15 is 0 Å². The van der Waals surface area contributed by atoms with Crippen LogP contribution in [0.1, 0.15) is 11.1 Å². The number of nitro benzene ring substituents is 1. The van der Waals surface area contributed by atoms with E-state index in [1.54, 1.807) is 12.1 Å². The van der Waals surface area contributed by atoms with Crippen molar-refractivity contribution in [2.75, 3.05) is 0 Å². The number of thioether (sulfide) groups is 1. The largest absolute Gasteiger partial charge is 0.488 e. The lowest BCUT2D eigenvalue weighted by molar-refractivity contribution is -0.384. The molecule has 1 N–H and O–H groups in total. The summed E-state index contributed by atoms with van der Waals surface area (Å²) in [6, 6.07) is 18.3. The van der Waals surface area contributed by atoms with E-state index in [1.807, 2.05) is 42.5 Å². The molecule has 1 aliphatic rings. The van der Waals surface area contributed by atoms with Crippen LogP contribution >= 0.6 is 24.0 Å². The molecule has 1 saturated heterocycles. The molecule has 3 aromatic rings. The van der Waals surface area contributed by atoms with Crippen LogP contribution in [0, 0.1) is 10.1 Å². The molecule has 0 radical (unpaired) electrons. The topological polar surface area (TPSA) is 81.5 Å². The van der Waals surface area contributed by atoms with Gasteiger partial charge >= 0.3 is 0 Å². The number of nitro groups is 1. The number of non-ortho nitro benzene ring substituents is 1. The van der Waals surface area contributed by atoms with E-state index in [0.717, 1.165) is 28.1 Å². The first-order chi connectivity index (χ1) is 14.0. The molecule has 29 heavy (non-hydrogen) atoms. The summed E-state index contributed by atoms with van der Waals surface area (Å²) in [6.45, 7) is 0.285. The molecular weight excluding hydrogens is 408 g/mol. The van der Waals surface area contributed by atoms with Crippen LogP contribution < -0.4 is 10.1 Å². The van der Waals surface area contributed by atoms with Gasteiger partial charge in [-0.3, -0.25) is 14.9 Å². The van der Waals surface area contributed by atoms with Gasteiger partial charge in [0.05, 0.1) is 9.83 Å². The zero-order valence-corrected chi connectivity index (χ0v) is 16.6. The van der Waals surface area contributed by atoms with Crippen LogP contribution in [0.5, 0.6) is 5.75 Å². The zero-order chi connectivity index (χ0) is 20.4. The van der Waals surface area contributed by atoms with Crippen molar-refractivity contribution in [1.82, 2.24) is 5.32 Å². The molecule has 0 aliphatic carbocycles. The molecule has 3 aromatic carbocycles. The van der Waals surface area contributed by atoms with Crippen molar-refractivity contribution in [2.24, 2.45) is 0 Å². The summed E-state index contributed by atoms with van der Waals surface area (Å²) < 4.78 is 6.35. The van der Waals surface area contributed by atoms with Gasteiger partial charge in [0.2, 0.25) is 0 Å². The molecule has 1 heterocycles. The molecule has 1 aliphatic heterocycles. The van der Waals surface area contributed by atoms with Gasteiger partial charge < -0.3 is 10.1 Å². The van der Waals surface area contributed by atoms with Crippen LogP contribution in [0.3, 0.4) is 0 Å². The summed E-state index contributed by atoms with van der Waals surface area (Å²) in [5.41, 5.74) is 1.36. The third kappa shape index (κ3) is 4.13. The van der Waals surface area contributed by atoms with Crippen molar-refractivity contribution in [3.63, 3.8) is 0 Å². The number of thiocarbonyl (C=S) groups is 1. The minimum Gasteiger partial charge on any atom is -0.488 e. The normalized spacial score (nSPS) is 15.0. The van der Waals surface area contributed by atoms with Gasteiger partial charge in [0, 0.05) is 17.7 Å². The molecule has 6 nitrogen and oxygen atoms in total. The first-order valence-corrected chi connectivity index (χ1v) is 9.86. The average Bonchev–Trinajstić information content (AvgIpc) is 3.03. The highest BCUT2D eigenvalue weighted by Gasteiger charge is 2.23. The Morgan fingerprint density at radius 3 is 2.69 bits per heavy atom. The summed E-state index contributed by atoms with van der Waals surface area (Å²) in [7, 11) is 0. The van der Waals surface area contributed by atoms with Crippen molar-refractivity contribution < 1.29 is 14.5 Å². The third-order valence-electron chi connectivity index (χ3n) is 4.40. The van der Waals surface area contributed by atoms with Gasteiger partial charge in [-0.15, -0.1) is 0 Å². The highest BCUT2D eigenvalue weighted by Crippen LogP contribution is 2.32. The highest BCUT2D eigenvalue weighted by atomic mass is 32.2. The summed E-state index contributed by atoms with van der Waals surface area (Å²) >= 11 is 6.11. The Kier molecular flexibility index (Phi) is 5.28. The molecule has 0 aromatic heterocycles. The van der Waals surface area contributed by atoms with E-state index in [1.165, 1.54) is 12.1 Å². The Morgan fingerprint density at radius 2 is 1.93 bits per heavy atom. The first-order valence-electron chi connectivity index (χ1n) is 8.64. The van der Waals surface area contributed by atoms with E-state index in [2.05, 4.69) is 5.32 Å². The number of carbonyl (C=O) groups is 1. The van der Waals surface area contributed by atoms with Crippen LogP contribution in [-0.4, -0.2) is 15.2 Å². The van der Waals surface area contributed by atoms with Crippen molar-refractivity contribution in [3.05, 3.63) is 86.8 Å². The van der Waals surface area contributed by atoms with Gasteiger partial charge in [-0.05, 0) is 28.5 Å². The number of benzene rings is 3. The Bertz CT molecular complexity index is 1190. The lowest BCUT2D eigenvalue weighted by atomic mass is 10.1. The maximum atomic E-state index is 12.0. The molecular formula is C21H14N2O4S2. The fourth-order valence-electron chi connectivity index (χ4n) is 3.03. The van der Waals surface area contributed by atoms with Crippen LogP contribution in [0.15, 0.2) is 65.6 Å². The van der Waals surface area contributed by atoms with Gasteiger partial charge in [-0.2, -0.15) is 0 Å². The van der Waals surface area contributed by atoms with Crippen molar-refractivity contribution in [3.8, 4) is 5.75 Å². The molecule has 0 atom stereocenters. The highest BCUT2D eigenvalue weighted by molar-refractivity contribution is 8.26. The number of rotatable bonds is 5. The predicted molar refractivity (Wildman–Crippen MR) is 118 cm³/mol. The van der Waals surface area contributed by atoms with E-state index in [4.69, 9.17) is 17.0 Å². The van der Waals surface area contributed by atoms with Crippen LogP contribution in [-0.2, 0) is 11.4 Å². The number of nitrogens with one attached hydrogen (secondary N) is 1. The molecule has 0 unspecified atom stereocenters. The average molecular weight is 422 g/mol. The molecule has 1 amide bonds. The second kappa shape index (κ2) is 8.02. The second-order valence-electron chi connectivity index (χ2n) is 6.26. The molecule has 144 valence electrons. The number of ether oxygens (including phenoxy) is 1. The van der Waals surface area contributed by atoms with Crippen molar-refractivity contribution >= 4 is 56.7 Å². The number of nitrogens with zero attached hydrogens (tertiary/aromatic N) is 1. The quantitative estimate of drug-likeness (QED) is 0.275. The molecule has 1 fully saturated rings. The van der Waals surface area contributed by atoms with E-state index < -0.39 is 4.92 Å². The maximum absolute atomic E-state index is 12.0. The van der Waals surface area contributed by atoms with Gasteiger partial charge in [-0.25, -0.2) is 0 Å². The Morgan fingerprint density at radius 1 is 1.14 bits per heavy atom. The molecule has 0 saturated carbocycles. The Hall–Kier alpha value is -3.23. The van der Waals surface area contributed by atoms with Gasteiger partial charge in [-0.1, -0.05) is 66.4 Å². The van der Waals surface area contributed by atoms with Gasteiger partial charge in [0.1, 0.15) is 16.7 Å². The van der Waals surface area contributed by atoms with E-state index in [9.17, 15) is 14.9 Å². The molecule has 8 heteroatoms. The monoisotopic (exact) mass is 422 g/mol. The lowest BCUT2D eigenvalue weighted by Gasteiger charge is -2.11. The van der Waals surface area contributed by atoms with Gasteiger partial charge in [0.15, 0.2) is 0 Å². The number of hydrogen-bond donors (Lipinski definition) is 1. The maximum Gasteiger partial charge on any atom is 0.270 e. The Balaban J connectivity index is 1.68. The lowest BCUT2D eigenvalue weighted by Crippen LogP contribution is -2.17. The number of amides is 1. The zero-order valence-electron chi connectivity index (χ0n) is 15.0. The molecule has 4 rings (SSSR count). The van der Waals surface area contributed by atoms with Crippen LogP contribution in [0.2, 0.25) is 0 Å². The van der Waals surface area contributed by atoms with Crippen LogP contribution in [0.25, 0.3) is 16.8 Å². The number of fused-ring (bicyclic) bond motifs is 1. The predicted octanol–water partition coefficient (Wildman–Crippen LogP) is 4.82. The minimum absolute atomic E-state index is 0.0830. The van der Waals surface area contributed by atoms with Gasteiger partial charge in [0.25, 0.3) is 11.6 Å². The minimum atomic E-state index is -0.483. The third-order valence-corrected chi connectivity index (χ3v) is 5.56. The second-order valence-corrected chi connectivity index (χ2v) is 7.98. The van der Waals surface area contributed by atoms with E-state index in [0.29, 0.717) is 20.5 Å². The summed E-state index contributed by atoms with van der Waals surface area (Å²) in [6.07, 6.45) is 1.56. The number of carbonyl (C=O) groups excluding carboxylic acids is 1. The van der Waals surface area contributed by atoms with Crippen molar-refractivity contribution in [1.29, 1.82) is 0 Å². The Labute approximate surface area is 175 Å². The standard InChI is InChI=1S/C21H14N2O4S2/c24-20-19(29-21(28)22-20)11-15-10-16(23(25)26)8-9-18(15)27-12-14-6-3-5-13-4-1-2-7-17(13)14/h1-11H,12H2,(H,22,24,28)/b19-11-. The fourth-order valence-corrected chi connectivity index (χ4v) is 4.06. The van der Waals surface area contributed by atoms with E-state index in [-0.39, 0.29) is 18.2 Å². The summed E-state index contributed by atoms with van der Waals surface area (Å²) in [4.78, 5) is 23.0. The molecule has 0 bridgehead atoms. The van der Waals surface area contributed by atoms with Crippen molar-refractivity contribution in [2.45, 2.75) is 6.61 Å². The summed E-state index contributed by atoms with van der Waals surface area (Å²) in [5, 5.41) is 15.9. The fraction of sp³-hybridized carbons (Fsp3) is 0.0476. The SMILES string of the molecule is O=C1NC(=S)S/C1=C\c1cc([N+](=O)[O-])ccc1OCc1cccc2ccccc12. The van der Waals surface area contributed by atoms with Crippen LogP contribution in [0.4, 0.5) is 5.69 Å². The smallest absolute Gasteiger partial charge is 0.270 e. The number of hydrogen-bond acceptors (Lipinski definition) is 6. The first kappa shape index (κ1) is 19.1. The summed E-state index contributed by atoms with van der Waals surface area (Å²) in [5.74, 6) is 0.119.